The topological polar surface area (TPSA) is 45.5 Å². The van der Waals surface area contributed by atoms with E-state index in [0.717, 1.165) is 50.2 Å². The maximum atomic E-state index is 4.93. The first-order valence-corrected chi connectivity index (χ1v) is 10.6. The number of piperidine rings is 1. The minimum atomic E-state index is 0. The largest absolute Gasteiger partial charge is 0.357 e. The summed E-state index contributed by atoms with van der Waals surface area (Å²) in [6, 6.07) is 10.9. The molecule has 0 aliphatic carbocycles. The minimum Gasteiger partial charge on any atom is -0.357 e. The van der Waals surface area contributed by atoms with Crippen LogP contribution in [0.4, 0.5) is 0 Å². The van der Waals surface area contributed by atoms with Gasteiger partial charge in [-0.2, -0.15) is 5.10 Å². The molecule has 1 aliphatic heterocycles. The fourth-order valence-electron chi connectivity index (χ4n) is 4.18. The lowest BCUT2D eigenvalue weighted by atomic mass is 9.90. The highest BCUT2D eigenvalue weighted by Gasteiger charge is 2.21. The van der Waals surface area contributed by atoms with E-state index in [1.54, 1.807) is 0 Å². The Morgan fingerprint density at radius 2 is 1.86 bits per heavy atom. The van der Waals surface area contributed by atoms with Crippen LogP contribution < -0.4 is 5.32 Å². The van der Waals surface area contributed by atoms with Crippen molar-refractivity contribution in [2.24, 2.45) is 18.0 Å². The van der Waals surface area contributed by atoms with E-state index < -0.39 is 0 Å². The fourth-order valence-corrected chi connectivity index (χ4v) is 4.18. The third kappa shape index (κ3) is 6.46. The van der Waals surface area contributed by atoms with Crippen molar-refractivity contribution in [3.63, 3.8) is 0 Å². The van der Waals surface area contributed by atoms with Gasteiger partial charge in [-0.15, -0.1) is 24.0 Å². The Morgan fingerprint density at radius 3 is 2.45 bits per heavy atom. The lowest BCUT2D eigenvalue weighted by Crippen LogP contribution is -2.46. The number of likely N-dealkylation sites (tertiary alicyclic amines) is 1. The Hall–Kier alpha value is -1.57. The number of aliphatic imine (C=N–C) groups is 1. The molecular weight excluding hydrogens is 473 g/mol. The standard InChI is InChI=1S/C23H35N5.HI/c1-5-24-23(25-14-11-22-18(2)26-27(4)19(22)3)28-15-12-21(13-16-28)17-20-9-7-6-8-10-20;/h6-10,21H,5,11-17H2,1-4H3,(H,24,25);1H. The smallest absolute Gasteiger partial charge is 0.193 e. The van der Waals surface area contributed by atoms with Crippen molar-refractivity contribution in [1.29, 1.82) is 0 Å². The average molecular weight is 509 g/mol. The van der Waals surface area contributed by atoms with Crippen LogP contribution in [0, 0.1) is 19.8 Å². The number of rotatable bonds is 6. The summed E-state index contributed by atoms with van der Waals surface area (Å²) in [5.41, 5.74) is 5.17. The molecule has 160 valence electrons. The second-order valence-electron chi connectivity index (χ2n) is 7.88. The summed E-state index contributed by atoms with van der Waals surface area (Å²) in [5, 5.41) is 8.01. The van der Waals surface area contributed by atoms with E-state index in [-0.39, 0.29) is 24.0 Å². The predicted octanol–water partition coefficient (Wildman–Crippen LogP) is 4.12. The lowest BCUT2D eigenvalue weighted by molar-refractivity contribution is 0.259. The Labute approximate surface area is 193 Å². The molecule has 6 heteroatoms. The number of guanidine groups is 1. The first-order chi connectivity index (χ1) is 13.6. The van der Waals surface area contributed by atoms with Gasteiger partial charge in [0.2, 0.25) is 0 Å². The molecule has 1 aliphatic rings. The molecule has 0 spiro atoms. The fraction of sp³-hybridized carbons (Fsp3) is 0.565. The van der Waals surface area contributed by atoms with Crippen LogP contribution in [0.1, 0.15) is 42.3 Å². The van der Waals surface area contributed by atoms with Gasteiger partial charge in [0, 0.05) is 38.9 Å². The Bertz CT molecular complexity index is 776. The van der Waals surface area contributed by atoms with Gasteiger partial charge in [-0.3, -0.25) is 9.67 Å². The number of benzene rings is 1. The molecule has 0 radical (unpaired) electrons. The van der Waals surface area contributed by atoms with Crippen molar-refractivity contribution in [2.45, 2.75) is 46.5 Å². The van der Waals surface area contributed by atoms with Gasteiger partial charge in [-0.25, -0.2) is 0 Å². The third-order valence-corrected chi connectivity index (χ3v) is 5.90. The van der Waals surface area contributed by atoms with E-state index in [4.69, 9.17) is 4.99 Å². The molecule has 0 bridgehead atoms. The predicted molar refractivity (Wildman–Crippen MR) is 132 cm³/mol. The Kier molecular flexibility index (Phi) is 9.46. The van der Waals surface area contributed by atoms with E-state index in [9.17, 15) is 0 Å². The molecule has 2 heterocycles. The van der Waals surface area contributed by atoms with Crippen molar-refractivity contribution >= 4 is 29.9 Å². The van der Waals surface area contributed by atoms with E-state index >= 15 is 0 Å². The highest BCUT2D eigenvalue weighted by Crippen LogP contribution is 2.22. The number of hydrogen-bond acceptors (Lipinski definition) is 2. The molecule has 1 N–H and O–H groups in total. The molecule has 5 nitrogen and oxygen atoms in total. The highest BCUT2D eigenvalue weighted by molar-refractivity contribution is 14.0. The molecule has 1 aromatic heterocycles. The molecule has 2 aromatic rings. The minimum absolute atomic E-state index is 0. The zero-order chi connectivity index (χ0) is 19.9. The average Bonchev–Trinajstić information content (AvgIpc) is 2.94. The number of nitrogens with zero attached hydrogens (tertiary/aromatic N) is 4. The molecule has 0 amide bonds. The zero-order valence-electron chi connectivity index (χ0n) is 18.3. The van der Waals surface area contributed by atoms with E-state index in [1.165, 1.54) is 36.1 Å². The van der Waals surface area contributed by atoms with Gasteiger partial charge in [0.1, 0.15) is 0 Å². The van der Waals surface area contributed by atoms with Gasteiger partial charge in [0.15, 0.2) is 5.96 Å². The van der Waals surface area contributed by atoms with Crippen LogP contribution in [-0.4, -0.2) is 46.8 Å². The van der Waals surface area contributed by atoms with Crippen LogP contribution in [0.3, 0.4) is 0 Å². The van der Waals surface area contributed by atoms with Gasteiger partial charge < -0.3 is 10.2 Å². The molecule has 3 rings (SSSR count). The summed E-state index contributed by atoms with van der Waals surface area (Å²) in [5.74, 6) is 1.85. The third-order valence-electron chi connectivity index (χ3n) is 5.90. The summed E-state index contributed by atoms with van der Waals surface area (Å²) < 4.78 is 1.97. The van der Waals surface area contributed by atoms with Crippen LogP contribution in [0.15, 0.2) is 35.3 Å². The van der Waals surface area contributed by atoms with Crippen LogP contribution in [-0.2, 0) is 19.9 Å². The van der Waals surface area contributed by atoms with Gasteiger partial charge >= 0.3 is 0 Å². The normalized spacial score (nSPS) is 15.3. The van der Waals surface area contributed by atoms with Gasteiger partial charge in [-0.1, -0.05) is 30.3 Å². The summed E-state index contributed by atoms with van der Waals surface area (Å²) in [4.78, 5) is 7.37. The summed E-state index contributed by atoms with van der Waals surface area (Å²) in [7, 11) is 2.01. The number of aryl methyl sites for hydroxylation is 2. The lowest BCUT2D eigenvalue weighted by Gasteiger charge is -2.34. The van der Waals surface area contributed by atoms with Crippen molar-refractivity contribution in [3.8, 4) is 0 Å². The molecule has 1 fully saturated rings. The first kappa shape index (κ1) is 23.7. The van der Waals surface area contributed by atoms with E-state index in [1.807, 2.05) is 11.7 Å². The number of nitrogens with one attached hydrogen (secondary N) is 1. The quantitative estimate of drug-likeness (QED) is 0.362. The molecule has 1 saturated heterocycles. The molecule has 0 saturated carbocycles. The zero-order valence-corrected chi connectivity index (χ0v) is 20.6. The van der Waals surface area contributed by atoms with Crippen molar-refractivity contribution in [3.05, 3.63) is 52.8 Å². The van der Waals surface area contributed by atoms with Crippen molar-refractivity contribution in [2.75, 3.05) is 26.2 Å². The first-order valence-electron chi connectivity index (χ1n) is 10.6. The van der Waals surface area contributed by atoms with Gasteiger partial charge in [-0.05, 0) is 63.5 Å². The number of halogens is 1. The SMILES string of the molecule is CCNC(=NCCc1c(C)nn(C)c1C)N1CCC(Cc2ccccc2)CC1.I. The summed E-state index contributed by atoms with van der Waals surface area (Å²) in [6.45, 7) is 10.3. The van der Waals surface area contributed by atoms with Crippen molar-refractivity contribution < 1.29 is 0 Å². The maximum Gasteiger partial charge on any atom is 0.193 e. The molecular formula is C23H36IN5. The van der Waals surface area contributed by atoms with Gasteiger partial charge in [0.05, 0.1) is 5.69 Å². The van der Waals surface area contributed by atoms with E-state index in [0.29, 0.717) is 0 Å². The molecule has 0 atom stereocenters. The van der Waals surface area contributed by atoms with E-state index in [2.05, 4.69) is 66.4 Å². The highest BCUT2D eigenvalue weighted by atomic mass is 127. The second-order valence-corrected chi connectivity index (χ2v) is 7.88. The monoisotopic (exact) mass is 509 g/mol. The van der Waals surface area contributed by atoms with Crippen LogP contribution in [0.5, 0.6) is 0 Å². The summed E-state index contributed by atoms with van der Waals surface area (Å²) >= 11 is 0. The second kappa shape index (κ2) is 11.6. The number of hydrogen-bond donors (Lipinski definition) is 1. The number of aromatic nitrogens is 2. The Balaban J connectivity index is 0.00000300. The molecule has 1 aromatic carbocycles. The van der Waals surface area contributed by atoms with Crippen LogP contribution in [0.2, 0.25) is 0 Å². The summed E-state index contributed by atoms with van der Waals surface area (Å²) in [6.07, 6.45) is 4.62. The Morgan fingerprint density at radius 1 is 1.17 bits per heavy atom. The molecule has 0 unspecified atom stereocenters. The molecule has 29 heavy (non-hydrogen) atoms. The van der Waals surface area contributed by atoms with Crippen LogP contribution in [0.25, 0.3) is 0 Å². The maximum absolute atomic E-state index is 4.93. The van der Waals surface area contributed by atoms with Gasteiger partial charge in [0.25, 0.3) is 0 Å². The van der Waals surface area contributed by atoms with Crippen molar-refractivity contribution in [1.82, 2.24) is 20.0 Å². The van der Waals surface area contributed by atoms with Crippen LogP contribution >= 0.6 is 24.0 Å².